The smallest absolute Gasteiger partial charge is 0.170 e. The maximum absolute atomic E-state index is 13.6. The van der Waals surface area contributed by atoms with E-state index < -0.39 is 0 Å². The highest BCUT2D eigenvalue weighted by Gasteiger charge is 2.28. The van der Waals surface area contributed by atoms with Gasteiger partial charge in [0.15, 0.2) is 5.58 Å². The number of benzene rings is 2. The van der Waals surface area contributed by atoms with Gasteiger partial charge in [0, 0.05) is 36.4 Å². The van der Waals surface area contributed by atoms with Crippen molar-refractivity contribution in [1.82, 2.24) is 5.16 Å². The predicted octanol–water partition coefficient (Wildman–Crippen LogP) is 11.7. The maximum Gasteiger partial charge on any atom is 0.170 e. The molecule has 0 saturated carbocycles. The van der Waals surface area contributed by atoms with Gasteiger partial charge < -0.3 is 14.2 Å². The molecule has 2 atom stereocenters. The zero-order chi connectivity index (χ0) is 31.7. The third kappa shape index (κ3) is 11.1. The average molecular weight is 637 g/mol. The number of hydrogen-bond donors (Lipinski definition) is 1. The van der Waals surface area contributed by atoms with Crippen LogP contribution in [0.4, 0.5) is 10.1 Å². The topological polar surface area (TPSA) is 38.5 Å². The van der Waals surface area contributed by atoms with E-state index in [9.17, 15) is 4.39 Å². The van der Waals surface area contributed by atoms with Crippen LogP contribution in [0.15, 0.2) is 59.1 Å². The van der Waals surface area contributed by atoms with Crippen molar-refractivity contribution in [2.24, 2.45) is 5.92 Å². The van der Waals surface area contributed by atoms with Gasteiger partial charge in [-0.3, -0.25) is 0 Å². The highest BCUT2D eigenvalue weighted by atomic mass is 32.1. The molecular formula is C39H57FN2O2S. The molecule has 3 aromatic rings. The van der Waals surface area contributed by atoms with E-state index in [4.69, 9.17) is 21.9 Å². The molecule has 0 bridgehead atoms. The van der Waals surface area contributed by atoms with Gasteiger partial charge in [-0.15, -0.1) is 0 Å². The number of allylic oxidation sites excluding steroid dienone is 2. The lowest BCUT2D eigenvalue weighted by Crippen LogP contribution is -2.34. The number of ether oxygens (including phenoxy) is 1. The number of rotatable bonds is 21. The van der Waals surface area contributed by atoms with E-state index in [-0.39, 0.29) is 11.9 Å². The minimum Gasteiger partial charge on any atom is -0.488 e. The number of fused-ring (bicyclic) bond motifs is 1. The molecule has 1 saturated heterocycles. The van der Waals surface area contributed by atoms with Gasteiger partial charge in [0.1, 0.15) is 17.7 Å². The normalized spacial score (nSPS) is 15.7. The maximum atomic E-state index is 13.6. The van der Waals surface area contributed by atoms with Gasteiger partial charge in [-0.25, -0.2) is 4.39 Å². The van der Waals surface area contributed by atoms with E-state index in [1.165, 1.54) is 94.9 Å². The SMILES string of the molecule is CCCCCCCC/C=C\CCCCCC(CS)C(CCC)Oc1ccccc1N1CCC(c2noc3cc(F)ccc23)CC1. The first kappa shape index (κ1) is 35.4. The molecule has 2 unspecified atom stereocenters. The Labute approximate surface area is 277 Å². The molecule has 2 heterocycles. The van der Waals surface area contributed by atoms with Crippen molar-refractivity contribution >= 4 is 29.3 Å². The van der Waals surface area contributed by atoms with Crippen molar-refractivity contribution in [3.8, 4) is 5.75 Å². The summed E-state index contributed by atoms with van der Waals surface area (Å²) in [7, 11) is 0. The van der Waals surface area contributed by atoms with Crippen molar-refractivity contribution in [2.45, 2.75) is 129 Å². The van der Waals surface area contributed by atoms with Crippen LogP contribution in [0.3, 0.4) is 0 Å². The zero-order valence-corrected chi connectivity index (χ0v) is 28.8. The summed E-state index contributed by atoms with van der Waals surface area (Å²) in [5.74, 6) is 2.30. The molecule has 0 amide bonds. The fraction of sp³-hybridized carbons (Fsp3) is 0.615. The second kappa shape index (κ2) is 19.9. The highest BCUT2D eigenvalue weighted by Crippen LogP contribution is 2.38. The monoisotopic (exact) mass is 636 g/mol. The molecule has 1 aliphatic heterocycles. The van der Waals surface area contributed by atoms with Crippen LogP contribution in [-0.2, 0) is 0 Å². The lowest BCUT2D eigenvalue weighted by molar-refractivity contribution is 0.128. The summed E-state index contributed by atoms with van der Waals surface area (Å²) in [4.78, 5) is 2.45. The number of aromatic nitrogens is 1. The van der Waals surface area contributed by atoms with Crippen LogP contribution in [0.25, 0.3) is 11.0 Å². The molecular weight excluding hydrogens is 580 g/mol. The van der Waals surface area contributed by atoms with Crippen molar-refractivity contribution < 1.29 is 13.7 Å². The van der Waals surface area contributed by atoms with Gasteiger partial charge in [0.05, 0.1) is 11.4 Å². The summed E-state index contributed by atoms with van der Waals surface area (Å²) in [5, 5.41) is 5.26. The summed E-state index contributed by atoms with van der Waals surface area (Å²) in [6.45, 7) is 6.37. The van der Waals surface area contributed by atoms with E-state index in [0.29, 0.717) is 17.4 Å². The summed E-state index contributed by atoms with van der Waals surface area (Å²) >= 11 is 4.79. The molecule has 45 heavy (non-hydrogen) atoms. The zero-order valence-electron chi connectivity index (χ0n) is 27.9. The largest absolute Gasteiger partial charge is 0.488 e. The van der Waals surface area contributed by atoms with Crippen LogP contribution in [0, 0.1) is 11.7 Å². The van der Waals surface area contributed by atoms with Crippen molar-refractivity contribution in [3.63, 3.8) is 0 Å². The van der Waals surface area contributed by atoms with Crippen molar-refractivity contribution in [1.29, 1.82) is 0 Å². The number of para-hydroxylation sites is 2. The Morgan fingerprint density at radius 3 is 2.36 bits per heavy atom. The standard InChI is InChI=1S/C39H57FN2O2S/c1-3-5-6-7-8-9-10-11-12-13-14-15-16-20-32(30-45)36(19-4-2)43-37-22-18-17-21-35(37)42-27-25-31(26-28-42)39-34-24-23-33(40)29-38(34)44-41-39/h11-12,17-18,21-24,29,31-32,36,45H,3-10,13-16,19-20,25-28,30H2,1-2H3/b12-11-. The summed E-state index contributed by atoms with van der Waals surface area (Å²) in [6.07, 6.45) is 24.7. The number of thiol groups is 1. The number of nitrogens with zero attached hydrogens (tertiary/aromatic N) is 2. The predicted molar refractivity (Wildman–Crippen MR) is 191 cm³/mol. The first-order valence-corrected chi connectivity index (χ1v) is 18.6. The molecule has 1 fully saturated rings. The molecule has 4 nitrogen and oxygen atoms in total. The molecule has 1 aliphatic rings. The quantitative estimate of drug-likeness (QED) is 0.0717. The molecule has 0 radical (unpaired) electrons. The average Bonchev–Trinajstić information content (AvgIpc) is 3.48. The van der Waals surface area contributed by atoms with E-state index in [2.05, 4.69) is 60.3 Å². The Balaban J connectivity index is 1.23. The molecule has 6 heteroatoms. The van der Waals surface area contributed by atoms with E-state index >= 15 is 0 Å². The number of halogens is 1. The Morgan fingerprint density at radius 2 is 1.62 bits per heavy atom. The minimum atomic E-state index is -0.292. The van der Waals surface area contributed by atoms with Crippen LogP contribution in [0.5, 0.6) is 5.75 Å². The van der Waals surface area contributed by atoms with Crippen LogP contribution in [0.2, 0.25) is 0 Å². The van der Waals surface area contributed by atoms with Gasteiger partial charge in [-0.1, -0.05) is 94.7 Å². The Hall–Kier alpha value is -2.47. The first-order valence-electron chi connectivity index (χ1n) is 18.0. The van der Waals surface area contributed by atoms with Gasteiger partial charge >= 0.3 is 0 Å². The molecule has 0 N–H and O–H groups in total. The van der Waals surface area contributed by atoms with E-state index in [1.807, 2.05) is 0 Å². The third-order valence-electron chi connectivity index (χ3n) is 9.50. The second-order valence-corrected chi connectivity index (χ2v) is 13.4. The summed E-state index contributed by atoms with van der Waals surface area (Å²) < 4.78 is 26.0. The first-order chi connectivity index (χ1) is 22.1. The van der Waals surface area contributed by atoms with Gasteiger partial charge in [-0.05, 0) is 81.4 Å². The lowest BCUT2D eigenvalue weighted by atomic mass is 9.91. The van der Waals surface area contributed by atoms with E-state index in [1.54, 1.807) is 6.07 Å². The third-order valence-corrected chi connectivity index (χ3v) is 9.97. The minimum absolute atomic E-state index is 0.172. The fourth-order valence-electron chi connectivity index (χ4n) is 6.79. The molecule has 4 rings (SSSR count). The number of hydrogen-bond acceptors (Lipinski definition) is 5. The Morgan fingerprint density at radius 1 is 0.911 bits per heavy atom. The summed E-state index contributed by atoms with van der Waals surface area (Å²) in [5.41, 5.74) is 2.66. The molecule has 248 valence electrons. The van der Waals surface area contributed by atoms with Crippen LogP contribution in [0.1, 0.15) is 128 Å². The summed E-state index contributed by atoms with van der Waals surface area (Å²) in [6, 6.07) is 13.3. The lowest BCUT2D eigenvalue weighted by Gasteiger charge is -2.35. The van der Waals surface area contributed by atoms with Crippen LogP contribution < -0.4 is 9.64 Å². The molecule has 2 aromatic carbocycles. The van der Waals surface area contributed by atoms with Gasteiger partial charge in [0.2, 0.25) is 0 Å². The number of anilines is 1. The van der Waals surface area contributed by atoms with Gasteiger partial charge in [0.25, 0.3) is 0 Å². The van der Waals surface area contributed by atoms with Crippen molar-refractivity contribution in [3.05, 3.63) is 66.1 Å². The van der Waals surface area contributed by atoms with Crippen LogP contribution in [-0.4, -0.2) is 30.1 Å². The molecule has 0 spiro atoms. The van der Waals surface area contributed by atoms with Crippen molar-refractivity contribution in [2.75, 3.05) is 23.7 Å². The fourth-order valence-corrected chi connectivity index (χ4v) is 7.21. The second-order valence-electron chi connectivity index (χ2n) is 13.0. The Kier molecular flexibility index (Phi) is 15.7. The molecule has 1 aromatic heterocycles. The molecule has 0 aliphatic carbocycles. The van der Waals surface area contributed by atoms with Gasteiger partial charge in [-0.2, -0.15) is 12.6 Å². The number of piperidine rings is 1. The van der Waals surface area contributed by atoms with E-state index in [0.717, 1.165) is 61.4 Å². The Bertz CT molecular complexity index is 1270. The van der Waals surface area contributed by atoms with Crippen LogP contribution >= 0.6 is 12.6 Å². The number of unbranched alkanes of at least 4 members (excludes halogenated alkanes) is 9. The highest BCUT2D eigenvalue weighted by molar-refractivity contribution is 7.80.